The van der Waals surface area contributed by atoms with Crippen LogP contribution in [0.15, 0.2) is 22.7 Å². The number of nitrogens with zero attached hydrogens (tertiary/aromatic N) is 1. The molecule has 0 bridgehead atoms. The topological polar surface area (TPSA) is 52.9 Å². The molecule has 112 valence electrons. The molecule has 1 fully saturated rings. The van der Waals surface area contributed by atoms with E-state index in [9.17, 15) is 10.1 Å². The minimum atomic E-state index is -0.695. The van der Waals surface area contributed by atoms with E-state index in [-0.39, 0.29) is 5.91 Å². The van der Waals surface area contributed by atoms with Crippen LogP contribution in [0, 0.1) is 24.2 Å². The monoisotopic (exact) mass is 348 g/mol. The number of amides is 1. The highest BCUT2D eigenvalue weighted by Gasteiger charge is 2.36. The zero-order valence-corrected chi connectivity index (χ0v) is 14.2. The first-order valence-corrected chi connectivity index (χ1v) is 8.28. The van der Waals surface area contributed by atoms with Crippen LogP contribution in [0.5, 0.6) is 0 Å². The number of benzene rings is 1. The molecule has 0 aromatic heterocycles. The average molecular weight is 349 g/mol. The third-order valence-electron chi connectivity index (χ3n) is 4.41. The second-order valence-electron chi connectivity index (χ2n) is 6.02. The van der Waals surface area contributed by atoms with Gasteiger partial charge < -0.3 is 5.32 Å². The fourth-order valence-corrected chi connectivity index (χ4v) is 3.61. The standard InChI is InChI=1S/C17H21BrN2O/c1-3-13-4-6-17(11-19,7-5-13)20-16(21)14-8-12(2)9-15(18)10-14/h8-10,13H,3-7H2,1-2H3,(H,20,21). The molecule has 0 atom stereocenters. The van der Waals surface area contributed by atoms with E-state index in [2.05, 4.69) is 34.2 Å². The minimum Gasteiger partial charge on any atom is -0.334 e. The third kappa shape index (κ3) is 3.85. The lowest BCUT2D eigenvalue weighted by Crippen LogP contribution is -2.49. The maximum atomic E-state index is 12.4. The fourth-order valence-electron chi connectivity index (χ4n) is 3.00. The van der Waals surface area contributed by atoms with Gasteiger partial charge in [-0.3, -0.25) is 4.79 Å². The van der Waals surface area contributed by atoms with Crippen LogP contribution in [0.4, 0.5) is 0 Å². The summed E-state index contributed by atoms with van der Waals surface area (Å²) in [5, 5.41) is 12.5. The highest BCUT2D eigenvalue weighted by molar-refractivity contribution is 9.10. The lowest BCUT2D eigenvalue weighted by Gasteiger charge is -2.35. The number of aryl methyl sites for hydroxylation is 1. The van der Waals surface area contributed by atoms with E-state index in [1.165, 1.54) is 0 Å². The van der Waals surface area contributed by atoms with Gasteiger partial charge in [0.2, 0.25) is 0 Å². The molecule has 1 aliphatic rings. The van der Waals surface area contributed by atoms with Crippen molar-refractivity contribution >= 4 is 21.8 Å². The van der Waals surface area contributed by atoms with Crippen molar-refractivity contribution in [3.8, 4) is 6.07 Å². The van der Waals surface area contributed by atoms with Crippen LogP contribution in [-0.4, -0.2) is 11.4 Å². The number of nitrogens with one attached hydrogen (secondary N) is 1. The van der Waals surface area contributed by atoms with E-state index >= 15 is 0 Å². The highest BCUT2D eigenvalue weighted by atomic mass is 79.9. The Bertz CT molecular complexity index is 548. The van der Waals surface area contributed by atoms with Crippen molar-refractivity contribution in [3.63, 3.8) is 0 Å². The van der Waals surface area contributed by atoms with Crippen LogP contribution < -0.4 is 5.32 Å². The molecule has 0 unspecified atom stereocenters. The van der Waals surface area contributed by atoms with Crippen LogP contribution in [0.25, 0.3) is 0 Å². The van der Waals surface area contributed by atoms with Crippen molar-refractivity contribution in [1.82, 2.24) is 5.32 Å². The maximum Gasteiger partial charge on any atom is 0.252 e. The van der Waals surface area contributed by atoms with Gasteiger partial charge in [-0.1, -0.05) is 29.3 Å². The van der Waals surface area contributed by atoms with Crippen LogP contribution in [0.2, 0.25) is 0 Å². The summed E-state index contributed by atoms with van der Waals surface area (Å²) in [7, 11) is 0. The molecule has 21 heavy (non-hydrogen) atoms. The Balaban J connectivity index is 2.12. The summed E-state index contributed by atoms with van der Waals surface area (Å²) in [4.78, 5) is 12.4. The van der Waals surface area contributed by atoms with E-state index < -0.39 is 5.54 Å². The average Bonchev–Trinajstić information content (AvgIpc) is 2.47. The Kier molecular flexibility index (Phi) is 5.05. The van der Waals surface area contributed by atoms with Crippen molar-refractivity contribution in [2.24, 2.45) is 5.92 Å². The van der Waals surface area contributed by atoms with E-state index in [1.807, 2.05) is 19.1 Å². The molecule has 0 saturated heterocycles. The van der Waals surface area contributed by atoms with E-state index in [0.717, 1.165) is 42.1 Å². The first-order valence-electron chi connectivity index (χ1n) is 7.49. The Hall–Kier alpha value is -1.34. The first kappa shape index (κ1) is 16.0. The van der Waals surface area contributed by atoms with Gasteiger partial charge in [-0.25, -0.2) is 0 Å². The zero-order chi connectivity index (χ0) is 15.5. The van der Waals surface area contributed by atoms with Crippen molar-refractivity contribution in [1.29, 1.82) is 5.26 Å². The molecular formula is C17H21BrN2O. The fraction of sp³-hybridized carbons (Fsp3) is 0.529. The lowest BCUT2D eigenvalue weighted by atomic mass is 9.76. The van der Waals surface area contributed by atoms with Crippen molar-refractivity contribution in [2.75, 3.05) is 0 Å². The molecule has 4 heteroatoms. The van der Waals surface area contributed by atoms with Gasteiger partial charge in [-0.15, -0.1) is 0 Å². The highest BCUT2D eigenvalue weighted by Crippen LogP contribution is 2.33. The normalized spacial score (nSPS) is 25.1. The molecule has 3 nitrogen and oxygen atoms in total. The molecule has 2 rings (SSSR count). The van der Waals surface area contributed by atoms with Crippen molar-refractivity contribution in [2.45, 2.75) is 51.5 Å². The van der Waals surface area contributed by atoms with Crippen LogP contribution in [-0.2, 0) is 0 Å². The van der Waals surface area contributed by atoms with E-state index in [0.29, 0.717) is 11.5 Å². The number of carbonyl (C=O) groups is 1. The van der Waals surface area contributed by atoms with Gasteiger partial charge in [0.1, 0.15) is 5.54 Å². The minimum absolute atomic E-state index is 0.157. The number of carbonyl (C=O) groups excluding carboxylic acids is 1. The Labute approximate surface area is 134 Å². The summed E-state index contributed by atoms with van der Waals surface area (Å²) in [6, 6.07) is 7.96. The van der Waals surface area contributed by atoms with Gasteiger partial charge in [0.05, 0.1) is 6.07 Å². The summed E-state index contributed by atoms with van der Waals surface area (Å²) >= 11 is 3.41. The van der Waals surface area contributed by atoms with Crippen LogP contribution in [0.3, 0.4) is 0 Å². The molecule has 1 saturated carbocycles. The largest absolute Gasteiger partial charge is 0.334 e. The summed E-state index contributed by atoms with van der Waals surface area (Å²) in [5.74, 6) is 0.535. The summed E-state index contributed by atoms with van der Waals surface area (Å²) < 4.78 is 0.883. The molecule has 1 aromatic rings. The number of hydrogen-bond acceptors (Lipinski definition) is 2. The molecule has 1 aliphatic carbocycles. The Morgan fingerprint density at radius 2 is 2.10 bits per heavy atom. The van der Waals surface area contributed by atoms with E-state index in [1.54, 1.807) is 6.07 Å². The van der Waals surface area contributed by atoms with Gasteiger partial charge in [0.25, 0.3) is 5.91 Å². The molecule has 0 heterocycles. The van der Waals surface area contributed by atoms with Crippen LogP contribution in [0.1, 0.15) is 54.9 Å². The molecule has 0 radical (unpaired) electrons. The lowest BCUT2D eigenvalue weighted by molar-refractivity contribution is 0.0891. The predicted octanol–water partition coefficient (Wildman–Crippen LogP) is 4.35. The summed E-state index contributed by atoms with van der Waals surface area (Å²) in [5.41, 5.74) is 0.934. The molecule has 1 aromatic carbocycles. The SMILES string of the molecule is CCC1CCC(C#N)(NC(=O)c2cc(C)cc(Br)c2)CC1. The third-order valence-corrected chi connectivity index (χ3v) is 4.87. The summed E-state index contributed by atoms with van der Waals surface area (Å²) in [6.45, 7) is 4.14. The molecular weight excluding hydrogens is 328 g/mol. The smallest absolute Gasteiger partial charge is 0.252 e. The zero-order valence-electron chi connectivity index (χ0n) is 12.6. The Morgan fingerprint density at radius 3 is 2.62 bits per heavy atom. The van der Waals surface area contributed by atoms with Crippen molar-refractivity contribution in [3.05, 3.63) is 33.8 Å². The van der Waals surface area contributed by atoms with Gasteiger partial charge in [-0.2, -0.15) is 5.26 Å². The Morgan fingerprint density at radius 1 is 1.43 bits per heavy atom. The molecule has 1 N–H and O–H groups in total. The quantitative estimate of drug-likeness (QED) is 0.882. The first-order chi connectivity index (χ1) is 9.98. The summed E-state index contributed by atoms with van der Waals surface area (Å²) in [6.07, 6.45) is 4.69. The molecule has 0 aliphatic heterocycles. The predicted molar refractivity (Wildman–Crippen MR) is 86.9 cm³/mol. The molecule has 0 spiro atoms. The molecule has 1 amide bonds. The van der Waals surface area contributed by atoms with Crippen molar-refractivity contribution < 1.29 is 4.79 Å². The maximum absolute atomic E-state index is 12.4. The van der Waals surface area contributed by atoms with Gasteiger partial charge in [0, 0.05) is 10.0 Å². The second kappa shape index (κ2) is 6.62. The second-order valence-corrected chi connectivity index (χ2v) is 6.93. The van der Waals surface area contributed by atoms with Gasteiger partial charge >= 0.3 is 0 Å². The number of rotatable bonds is 3. The number of nitriles is 1. The number of halogens is 1. The van der Waals surface area contributed by atoms with Crippen LogP contribution >= 0.6 is 15.9 Å². The number of hydrogen-bond donors (Lipinski definition) is 1. The van der Waals surface area contributed by atoms with E-state index in [4.69, 9.17) is 0 Å². The van der Waals surface area contributed by atoms with Gasteiger partial charge in [-0.05, 0) is 62.3 Å². The van der Waals surface area contributed by atoms with Gasteiger partial charge in [0.15, 0.2) is 0 Å².